The van der Waals surface area contributed by atoms with Gasteiger partial charge in [0.05, 0.1) is 12.4 Å². The number of carboxylic acids is 1. The lowest BCUT2D eigenvalue weighted by molar-refractivity contribution is -0.151. The Balaban J connectivity index is 1.87. The Hall–Kier alpha value is -3.22. The molecule has 1 heterocycles. The smallest absolute Gasteiger partial charge is 0.334 e. The zero-order valence-electron chi connectivity index (χ0n) is 16.8. The van der Waals surface area contributed by atoms with Crippen LogP contribution in [-0.4, -0.2) is 26.7 Å². The molecule has 0 aliphatic heterocycles. The van der Waals surface area contributed by atoms with E-state index in [4.69, 9.17) is 11.0 Å². The quantitative estimate of drug-likeness (QED) is 0.367. The van der Waals surface area contributed by atoms with Gasteiger partial charge in [0.1, 0.15) is 0 Å². The first-order chi connectivity index (χ1) is 14.7. The minimum atomic E-state index is -1.04. The minimum Gasteiger partial charge on any atom is -0.479 e. The van der Waals surface area contributed by atoms with Crippen molar-refractivity contribution in [3.8, 4) is 0 Å². The number of allylic oxidation sites excluding steroid dienone is 2. The molecule has 0 fully saturated rings. The number of hydrogen-bond donors (Lipinski definition) is 2. The van der Waals surface area contributed by atoms with Gasteiger partial charge in [0.15, 0.2) is 6.10 Å². The predicted octanol–water partition coefficient (Wildman–Crippen LogP) is 4.26. The van der Waals surface area contributed by atoms with Gasteiger partial charge in [0.2, 0.25) is 0 Å². The second-order valence-corrected chi connectivity index (χ2v) is 7.13. The Morgan fingerprint density at radius 1 is 1.13 bits per heavy atom. The van der Waals surface area contributed by atoms with Crippen molar-refractivity contribution in [3.63, 3.8) is 0 Å². The fraction of sp³-hybridized carbons (Fsp3) is 0.250. The zero-order valence-corrected chi connectivity index (χ0v) is 16.8. The second-order valence-electron chi connectivity index (χ2n) is 7.13. The molecule has 30 heavy (non-hydrogen) atoms. The van der Waals surface area contributed by atoms with E-state index in [9.17, 15) is 4.79 Å². The van der Waals surface area contributed by atoms with E-state index in [0.29, 0.717) is 12.8 Å². The molecule has 2 atom stereocenters. The van der Waals surface area contributed by atoms with E-state index in [2.05, 4.69) is 44.7 Å². The van der Waals surface area contributed by atoms with Crippen molar-refractivity contribution in [2.24, 2.45) is 5.90 Å². The highest BCUT2D eigenvalue weighted by molar-refractivity contribution is 5.72. The van der Waals surface area contributed by atoms with Crippen molar-refractivity contribution < 1.29 is 14.7 Å². The number of benzene rings is 2. The topological polar surface area (TPSA) is 90.4 Å². The van der Waals surface area contributed by atoms with Crippen molar-refractivity contribution in [1.82, 2.24) is 9.55 Å². The van der Waals surface area contributed by atoms with Crippen LogP contribution in [0.1, 0.15) is 36.4 Å². The number of unbranched alkanes of at least 4 members (excludes halogenated alkanes) is 1. The van der Waals surface area contributed by atoms with E-state index >= 15 is 0 Å². The van der Waals surface area contributed by atoms with E-state index in [1.54, 1.807) is 6.20 Å². The first kappa shape index (κ1) is 21.5. The van der Waals surface area contributed by atoms with Gasteiger partial charge >= 0.3 is 5.97 Å². The molecule has 3 N–H and O–H groups in total. The third-order valence-corrected chi connectivity index (χ3v) is 5.10. The average molecular weight is 405 g/mol. The van der Waals surface area contributed by atoms with Crippen LogP contribution in [0, 0.1) is 0 Å². The maximum atomic E-state index is 11.1. The Kier molecular flexibility index (Phi) is 7.94. The number of carbonyl (C=O) groups is 1. The van der Waals surface area contributed by atoms with Crippen molar-refractivity contribution >= 4 is 11.5 Å². The normalized spacial score (nSPS) is 13.7. The summed E-state index contributed by atoms with van der Waals surface area (Å²) in [5.74, 6) is 4.06. The number of nitrogens with two attached hydrogens (primary N) is 1. The molecule has 0 saturated heterocycles. The lowest BCUT2D eigenvalue weighted by Gasteiger charge is -2.23. The summed E-state index contributed by atoms with van der Waals surface area (Å²) >= 11 is 0. The molecular formula is C24H27N3O3. The average Bonchev–Trinajstić information content (AvgIpc) is 3.31. The Labute approximate surface area is 176 Å². The molecule has 0 bridgehead atoms. The highest BCUT2D eigenvalue weighted by Crippen LogP contribution is 2.31. The van der Waals surface area contributed by atoms with Gasteiger partial charge in [-0.15, -0.1) is 0 Å². The lowest BCUT2D eigenvalue weighted by Crippen LogP contribution is -2.26. The highest BCUT2D eigenvalue weighted by atomic mass is 16.6. The van der Waals surface area contributed by atoms with Gasteiger partial charge in [-0.3, -0.25) is 4.84 Å². The summed E-state index contributed by atoms with van der Waals surface area (Å²) in [4.78, 5) is 19.9. The Morgan fingerprint density at radius 3 is 2.43 bits per heavy atom. The molecule has 2 aromatic carbocycles. The molecule has 2 unspecified atom stereocenters. The first-order valence-corrected chi connectivity index (χ1v) is 10.0. The molecule has 3 rings (SSSR count). The van der Waals surface area contributed by atoms with Crippen LogP contribution < -0.4 is 5.90 Å². The third-order valence-electron chi connectivity index (χ3n) is 5.10. The summed E-state index contributed by atoms with van der Waals surface area (Å²) in [5.41, 5.74) is 3.55. The molecule has 1 aromatic heterocycles. The number of aromatic nitrogens is 2. The molecule has 0 saturated carbocycles. The van der Waals surface area contributed by atoms with Crippen LogP contribution in [0.5, 0.6) is 0 Å². The molecule has 6 nitrogen and oxygen atoms in total. The van der Waals surface area contributed by atoms with Crippen LogP contribution in [0.4, 0.5) is 0 Å². The molecule has 0 aliphatic rings. The number of imidazole rings is 1. The number of aliphatic carboxylic acids is 1. The summed E-state index contributed by atoms with van der Waals surface area (Å²) in [6.07, 6.45) is 9.38. The maximum absolute atomic E-state index is 11.1. The van der Waals surface area contributed by atoms with Gasteiger partial charge in [-0.1, -0.05) is 66.7 Å². The highest BCUT2D eigenvalue weighted by Gasteiger charge is 2.19. The van der Waals surface area contributed by atoms with Crippen LogP contribution in [-0.2, 0) is 16.1 Å². The van der Waals surface area contributed by atoms with E-state index in [0.717, 1.165) is 18.4 Å². The summed E-state index contributed by atoms with van der Waals surface area (Å²) in [7, 11) is 0. The SMILES string of the molecule is NOC(CCC/C=C(/c1ccccc1)C(Cc1ccccc1)n1ccnc1)C(=O)O. The monoisotopic (exact) mass is 405 g/mol. The Bertz CT molecular complexity index is 925. The molecule has 3 aromatic rings. The van der Waals surface area contributed by atoms with E-state index in [1.807, 2.05) is 48.9 Å². The van der Waals surface area contributed by atoms with Crippen LogP contribution in [0.3, 0.4) is 0 Å². The van der Waals surface area contributed by atoms with Crippen molar-refractivity contribution in [2.75, 3.05) is 0 Å². The third kappa shape index (κ3) is 5.89. The Morgan fingerprint density at radius 2 is 1.83 bits per heavy atom. The molecular weight excluding hydrogens is 378 g/mol. The number of nitrogens with zero attached hydrogens (tertiary/aromatic N) is 2. The largest absolute Gasteiger partial charge is 0.479 e. The predicted molar refractivity (Wildman–Crippen MR) is 116 cm³/mol. The van der Waals surface area contributed by atoms with Gasteiger partial charge in [0, 0.05) is 12.4 Å². The molecule has 6 heteroatoms. The summed E-state index contributed by atoms with van der Waals surface area (Å²) in [6, 6.07) is 20.7. The van der Waals surface area contributed by atoms with Crippen LogP contribution in [0.15, 0.2) is 85.5 Å². The first-order valence-electron chi connectivity index (χ1n) is 10.0. The van der Waals surface area contributed by atoms with Crippen molar-refractivity contribution in [3.05, 3.63) is 96.6 Å². The van der Waals surface area contributed by atoms with Gasteiger partial charge in [-0.05, 0) is 42.4 Å². The van der Waals surface area contributed by atoms with Gasteiger partial charge in [-0.2, -0.15) is 0 Å². The van der Waals surface area contributed by atoms with Crippen LogP contribution in [0.2, 0.25) is 0 Å². The fourth-order valence-electron chi connectivity index (χ4n) is 3.55. The second kappa shape index (κ2) is 11.1. The fourth-order valence-corrected chi connectivity index (χ4v) is 3.55. The summed E-state index contributed by atoms with van der Waals surface area (Å²) in [6.45, 7) is 0. The maximum Gasteiger partial charge on any atom is 0.334 e. The van der Waals surface area contributed by atoms with Gasteiger partial charge in [-0.25, -0.2) is 15.7 Å². The molecule has 156 valence electrons. The zero-order chi connectivity index (χ0) is 21.2. The van der Waals surface area contributed by atoms with Crippen LogP contribution >= 0.6 is 0 Å². The van der Waals surface area contributed by atoms with E-state index in [1.165, 1.54) is 11.1 Å². The standard InChI is InChI=1S/C24H27N3O3/c25-30-23(24(28)29)14-8-7-13-21(20-11-5-2-6-12-20)22(27-16-15-26-18-27)17-19-9-3-1-4-10-19/h1-6,9-13,15-16,18,22-23H,7-8,14,17,25H2,(H,28,29)/b21-13-. The summed E-state index contributed by atoms with van der Waals surface area (Å²) in [5, 5.41) is 9.11. The van der Waals surface area contributed by atoms with Gasteiger partial charge in [0.25, 0.3) is 0 Å². The van der Waals surface area contributed by atoms with Crippen LogP contribution in [0.25, 0.3) is 5.57 Å². The van der Waals surface area contributed by atoms with Gasteiger partial charge < -0.3 is 9.67 Å². The van der Waals surface area contributed by atoms with E-state index in [-0.39, 0.29) is 6.04 Å². The lowest BCUT2D eigenvalue weighted by atomic mass is 9.91. The molecule has 0 spiro atoms. The van der Waals surface area contributed by atoms with Crippen molar-refractivity contribution in [2.45, 2.75) is 37.8 Å². The van der Waals surface area contributed by atoms with Crippen molar-refractivity contribution in [1.29, 1.82) is 0 Å². The molecule has 0 radical (unpaired) electrons. The number of rotatable bonds is 11. The number of carboxylic acid groups (broad SMARTS) is 1. The van der Waals surface area contributed by atoms with E-state index < -0.39 is 12.1 Å². The number of hydrogen-bond acceptors (Lipinski definition) is 4. The molecule has 0 aliphatic carbocycles. The minimum absolute atomic E-state index is 0.0679. The summed E-state index contributed by atoms with van der Waals surface area (Å²) < 4.78 is 2.12. The molecule has 0 amide bonds.